The number of nitrogens with zero attached hydrogens (tertiary/aromatic N) is 3. The van der Waals surface area contributed by atoms with Crippen LogP contribution in [0.15, 0.2) is 12.3 Å². The van der Waals surface area contributed by atoms with Crippen molar-refractivity contribution in [1.29, 1.82) is 0 Å². The Hall–Kier alpha value is -1.40. The maximum Gasteiger partial charge on any atom is 0.274 e. The summed E-state index contributed by atoms with van der Waals surface area (Å²) in [6.07, 6.45) is 4.37. The highest BCUT2D eigenvalue weighted by Crippen LogP contribution is 2.33. The molecule has 6 nitrogen and oxygen atoms in total. The summed E-state index contributed by atoms with van der Waals surface area (Å²) in [4.78, 5) is 14.2. The molecule has 6 heteroatoms. The lowest BCUT2D eigenvalue weighted by Crippen LogP contribution is -2.48. The van der Waals surface area contributed by atoms with Crippen molar-refractivity contribution in [3.05, 3.63) is 18.0 Å². The number of carbonyl (C=O) groups excluding carboxylic acids is 1. The van der Waals surface area contributed by atoms with Gasteiger partial charge < -0.3 is 14.7 Å². The van der Waals surface area contributed by atoms with Crippen LogP contribution in [0.4, 0.5) is 0 Å². The lowest BCUT2D eigenvalue weighted by Gasteiger charge is -2.41. The number of aromatic nitrogens is 2. The predicted molar refractivity (Wildman–Crippen MR) is 74.4 cm³/mol. The number of aliphatic hydroxyl groups excluding tert-OH is 1. The molecule has 1 amide bonds. The van der Waals surface area contributed by atoms with Gasteiger partial charge >= 0.3 is 0 Å². The molecule has 112 valence electrons. The summed E-state index contributed by atoms with van der Waals surface area (Å²) < 4.78 is 6.75. The van der Waals surface area contributed by atoms with E-state index in [2.05, 4.69) is 5.10 Å². The number of aliphatic hydroxyl groups is 1. The van der Waals surface area contributed by atoms with E-state index in [-0.39, 0.29) is 17.9 Å². The Morgan fingerprint density at radius 1 is 1.60 bits per heavy atom. The summed E-state index contributed by atoms with van der Waals surface area (Å²) in [7, 11) is 3.45. The second-order valence-corrected chi connectivity index (χ2v) is 5.61. The van der Waals surface area contributed by atoms with Crippen molar-refractivity contribution >= 4 is 5.91 Å². The molecule has 0 aliphatic carbocycles. The predicted octanol–water partition coefficient (Wildman–Crippen LogP) is 0.671. The number of piperidine rings is 1. The van der Waals surface area contributed by atoms with Gasteiger partial charge in [-0.15, -0.1) is 0 Å². The molecule has 1 atom stereocenters. The van der Waals surface area contributed by atoms with Crippen molar-refractivity contribution in [2.24, 2.45) is 12.5 Å². The zero-order valence-corrected chi connectivity index (χ0v) is 12.2. The van der Waals surface area contributed by atoms with E-state index in [0.717, 1.165) is 25.8 Å². The zero-order chi connectivity index (χ0) is 14.6. The highest BCUT2D eigenvalue weighted by atomic mass is 16.5. The Morgan fingerprint density at radius 3 is 3.00 bits per heavy atom. The molecule has 0 radical (unpaired) electrons. The highest BCUT2D eigenvalue weighted by Gasteiger charge is 2.37. The number of hydrogen-bond acceptors (Lipinski definition) is 4. The van der Waals surface area contributed by atoms with Crippen LogP contribution in [0.1, 0.15) is 29.8 Å². The van der Waals surface area contributed by atoms with Crippen LogP contribution in [-0.2, 0) is 11.8 Å². The molecule has 0 spiro atoms. The summed E-state index contributed by atoms with van der Waals surface area (Å²) in [5.41, 5.74) is 0.228. The summed E-state index contributed by atoms with van der Waals surface area (Å²) >= 11 is 0. The molecular weight excluding hydrogens is 258 g/mol. The van der Waals surface area contributed by atoms with E-state index in [1.54, 1.807) is 36.0 Å². The third-order valence-electron chi connectivity index (χ3n) is 4.05. The van der Waals surface area contributed by atoms with E-state index in [9.17, 15) is 9.90 Å². The van der Waals surface area contributed by atoms with E-state index in [0.29, 0.717) is 18.8 Å². The van der Waals surface area contributed by atoms with E-state index < -0.39 is 0 Å². The van der Waals surface area contributed by atoms with E-state index in [1.165, 1.54) is 0 Å². The fraction of sp³-hybridized carbons (Fsp3) is 0.714. The fourth-order valence-electron chi connectivity index (χ4n) is 2.80. The molecule has 1 aliphatic heterocycles. The number of likely N-dealkylation sites (tertiary alicyclic amines) is 1. The molecule has 2 rings (SSSR count). The van der Waals surface area contributed by atoms with Gasteiger partial charge in [0.25, 0.3) is 5.91 Å². The minimum Gasteiger partial charge on any atom is -0.396 e. The van der Waals surface area contributed by atoms with Crippen molar-refractivity contribution in [3.8, 4) is 0 Å². The molecule has 0 saturated carbocycles. The van der Waals surface area contributed by atoms with E-state index in [1.807, 2.05) is 0 Å². The van der Waals surface area contributed by atoms with Gasteiger partial charge in [0.2, 0.25) is 0 Å². The lowest BCUT2D eigenvalue weighted by atomic mass is 9.78. The van der Waals surface area contributed by atoms with Crippen molar-refractivity contribution in [3.63, 3.8) is 0 Å². The van der Waals surface area contributed by atoms with Crippen LogP contribution in [0.2, 0.25) is 0 Å². The van der Waals surface area contributed by atoms with Crippen molar-refractivity contribution in [2.75, 3.05) is 33.4 Å². The maximum absolute atomic E-state index is 12.4. The molecule has 0 bridgehead atoms. The molecule has 1 aromatic heterocycles. The summed E-state index contributed by atoms with van der Waals surface area (Å²) in [5, 5.41) is 13.9. The quantitative estimate of drug-likeness (QED) is 0.861. The Balaban J connectivity index is 2.07. The first-order valence-corrected chi connectivity index (χ1v) is 6.99. The van der Waals surface area contributed by atoms with Gasteiger partial charge in [-0.2, -0.15) is 5.10 Å². The number of amides is 1. The summed E-state index contributed by atoms with van der Waals surface area (Å²) in [6.45, 7) is 1.99. The van der Waals surface area contributed by atoms with Crippen molar-refractivity contribution in [2.45, 2.75) is 19.3 Å². The Kier molecular flexibility index (Phi) is 4.77. The molecule has 1 N–H and O–H groups in total. The van der Waals surface area contributed by atoms with Gasteiger partial charge in [0.15, 0.2) is 0 Å². The topological polar surface area (TPSA) is 67.6 Å². The average molecular weight is 281 g/mol. The van der Waals surface area contributed by atoms with Crippen LogP contribution in [0, 0.1) is 5.41 Å². The molecule has 1 fully saturated rings. The molecular formula is C14H23N3O3. The summed E-state index contributed by atoms with van der Waals surface area (Å²) in [5.74, 6) is -0.0551. The number of hydrogen-bond donors (Lipinski definition) is 1. The molecule has 1 aliphatic rings. The number of rotatable bonds is 5. The second-order valence-electron chi connectivity index (χ2n) is 5.61. The van der Waals surface area contributed by atoms with Crippen molar-refractivity contribution < 1.29 is 14.6 Å². The summed E-state index contributed by atoms with van der Waals surface area (Å²) in [6, 6.07) is 1.73. The SMILES string of the molecule is COCC[C@@]1(CO)CCCN(C(=O)c2ccn(C)n2)C1. The van der Waals surface area contributed by atoms with Gasteiger partial charge in [0, 0.05) is 45.5 Å². The standard InChI is InChI=1S/C14H23N3O3/c1-16-8-4-12(15-16)13(19)17-7-3-5-14(10-17,11-18)6-9-20-2/h4,8,18H,3,5-7,9-11H2,1-2H3/t14-/m0/s1. The van der Waals surface area contributed by atoms with Crippen LogP contribution in [-0.4, -0.2) is 59.1 Å². The minimum absolute atomic E-state index is 0.0551. The largest absolute Gasteiger partial charge is 0.396 e. The second kappa shape index (κ2) is 6.37. The zero-order valence-electron chi connectivity index (χ0n) is 12.2. The van der Waals surface area contributed by atoms with Crippen LogP contribution in [0.25, 0.3) is 0 Å². The molecule has 2 heterocycles. The van der Waals surface area contributed by atoms with Gasteiger partial charge in [-0.3, -0.25) is 9.48 Å². The van der Waals surface area contributed by atoms with Crippen LogP contribution >= 0.6 is 0 Å². The van der Waals surface area contributed by atoms with Gasteiger partial charge in [0.05, 0.1) is 6.61 Å². The third-order valence-corrected chi connectivity index (χ3v) is 4.05. The smallest absolute Gasteiger partial charge is 0.274 e. The average Bonchev–Trinajstić information content (AvgIpc) is 2.91. The maximum atomic E-state index is 12.4. The first-order chi connectivity index (χ1) is 9.60. The Morgan fingerprint density at radius 2 is 2.40 bits per heavy atom. The first-order valence-electron chi connectivity index (χ1n) is 6.99. The van der Waals surface area contributed by atoms with Crippen LogP contribution in [0.3, 0.4) is 0 Å². The monoisotopic (exact) mass is 281 g/mol. The molecule has 0 unspecified atom stereocenters. The van der Waals surface area contributed by atoms with Gasteiger partial charge in [-0.05, 0) is 25.3 Å². The number of methoxy groups -OCH3 is 1. The molecule has 0 aromatic carbocycles. The van der Waals surface area contributed by atoms with E-state index in [4.69, 9.17) is 4.74 Å². The number of carbonyl (C=O) groups is 1. The number of ether oxygens (including phenoxy) is 1. The van der Waals surface area contributed by atoms with Crippen LogP contribution < -0.4 is 0 Å². The van der Waals surface area contributed by atoms with Gasteiger partial charge in [-0.25, -0.2) is 0 Å². The molecule has 20 heavy (non-hydrogen) atoms. The van der Waals surface area contributed by atoms with Crippen molar-refractivity contribution in [1.82, 2.24) is 14.7 Å². The van der Waals surface area contributed by atoms with Gasteiger partial charge in [0.1, 0.15) is 5.69 Å². The lowest BCUT2D eigenvalue weighted by molar-refractivity contribution is 0.00870. The van der Waals surface area contributed by atoms with Gasteiger partial charge in [-0.1, -0.05) is 0 Å². The minimum atomic E-state index is -0.237. The normalized spacial score (nSPS) is 23.1. The highest BCUT2D eigenvalue weighted by molar-refractivity contribution is 5.92. The Labute approximate surface area is 119 Å². The Bertz CT molecular complexity index is 460. The number of aryl methyl sites for hydroxylation is 1. The van der Waals surface area contributed by atoms with E-state index >= 15 is 0 Å². The first kappa shape index (κ1) is 15.0. The molecule has 1 saturated heterocycles. The molecule has 1 aromatic rings. The fourth-order valence-corrected chi connectivity index (χ4v) is 2.80. The van der Waals surface area contributed by atoms with Crippen LogP contribution in [0.5, 0.6) is 0 Å². The third kappa shape index (κ3) is 3.19.